The summed E-state index contributed by atoms with van der Waals surface area (Å²) >= 11 is 5.70. The lowest BCUT2D eigenvalue weighted by Gasteiger charge is -2.38. The fraction of sp³-hybridized carbons (Fsp3) is 0.536. The Morgan fingerprint density at radius 1 is 0.969 bits per heavy atom. The largest absolute Gasteiger partial charge is 0.426 e. The van der Waals surface area contributed by atoms with Crippen molar-refractivity contribution in [1.82, 2.24) is 0 Å². The van der Waals surface area contributed by atoms with Crippen molar-refractivity contribution in [3.05, 3.63) is 64.9 Å². The van der Waals surface area contributed by atoms with Gasteiger partial charge in [0.15, 0.2) is 0 Å². The molecule has 2 aliphatic rings. The van der Waals surface area contributed by atoms with Crippen molar-refractivity contribution in [3.63, 3.8) is 0 Å². The number of carbonyl (C=O) groups is 1. The van der Waals surface area contributed by atoms with Gasteiger partial charge in [-0.25, -0.2) is 4.39 Å². The van der Waals surface area contributed by atoms with Gasteiger partial charge in [0.2, 0.25) is 0 Å². The zero-order chi connectivity index (χ0) is 22.5. The molecule has 32 heavy (non-hydrogen) atoms. The third-order valence-electron chi connectivity index (χ3n) is 7.83. The highest BCUT2D eigenvalue weighted by atomic mass is 35.5. The highest BCUT2D eigenvalue weighted by Crippen LogP contribution is 2.43. The second-order valence-electron chi connectivity index (χ2n) is 9.94. The van der Waals surface area contributed by atoms with Crippen molar-refractivity contribution in [3.8, 4) is 5.75 Å². The second kappa shape index (κ2) is 10.8. The number of hydrogen-bond donors (Lipinski definition) is 0. The molecule has 172 valence electrons. The molecule has 0 aliphatic heterocycles. The number of halogens is 2. The highest BCUT2D eigenvalue weighted by Gasteiger charge is 2.34. The van der Waals surface area contributed by atoms with Crippen LogP contribution in [0.2, 0.25) is 5.02 Å². The minimum Gasteiger partial charge on any atom is -0.426 e. The summed E-state index contributed by atoms with van der Waals surface area (Å²) in [5.74, 6) is 2.38. The molecule has 2 aromatic carbocycles. The first-order valence-electron chi connectivity index (χ1n) is 12.2. The van der Waals surface area contributed by atoms with E-state index in [1.807, 2.05) is 0 Å². The van der Waals surface area contributed by atoms with Crippen LogP contribution in [0.3, 0.4) is 0 Å². The summed E-state index contributed by atoms with van der Waals surface area (Å²) < 4.78 is 19.0. The molecule has 0 saturated heterocycles. The number of esters is 1. The number of rotatable bonds is 6. The molecule has 0 unspecified atom stereocenters. The molecule has 2 nitrogen and oxygen atoms in total. The normalized spacial score (nSPS) is 27.0. The molecular formula is C28H34ClFO2. The summed E-state index contributed by atoms with van der Waals surface area (Å²) in [5, 5.41) is 0.0366. The molecule has 0 heterocycles. The van der Waals surface area contributed by atoms with Crippen molar-refractivity contribution >= 4 is 17.6 Å². The molecule has 1 atom stereocenters. The van der Waals surface area contributed by atoms with Crippen molar-refractivity contribution in [2.75, 3.05) is 0 Å². The Labute approximate surface area is 196 Å². The topological polar surface area (TPSA) is 26.3 Å². The smallest absolute Gasteiger partial charge is 0.314 e. The van der Waals surface area contributed by atoms with E-state index < -0.39 is 5.82 Å². The summed E-state index contributed by atoms with van der Waals surface area (Å²) in [7, 11) is 0. The first-order valence-corrected chi connectivity index (χ1v) is 12.6. The monoisotopic (exact) mass is 456 g/mol. The number of benzene rings is 2. The first-order chi connectivity index (χ1) is 15.5. The third kappa shape index (κ3) is 5.92. The van der Waals surface area contributed by atoms with Gasteiger partial charge >= 0.3 is 5.97 Å². The summed E-state index contributed by atoms with van der Waals surface area (Å²) in [6.45, 7) is 2.36. The molecule has 0 bridgehead atoms. The van der Waals surface area contributed by atoms with Crippen LogP contribution < -0.4 is 4.74 Å². The Hall–Kier alpha value is -1.87. The lowest BCUT2D eigenvalue weighted by molar-refractivity contribution is -0.140. The van der Waals surface area contributed by atoms with Crippen LogP contribution in [0.15, 0.2) is 48.5 Å². The Kier molecular flexibility index (Phi) is 7.88. The maximum atomic E-state index is 13.6. The Balaban J connectivity index is 1.19. The lowest BCUT2D eigenvalue weighted by Crippen LogP contribution is -2.30. The molecule has 0 aromatic heterocycles. The predicted octanol–water partition coefficient (Wildman–Crippen LogP) is 8.19. The predicted molar refractivity (Wildman–Crippen MR) is 127 cm³/mol. The molecule has 4 heteroatoms. The SMILES string of the molecule is C[C@@H](CC1CCC(C2CCC(C(=O)Oc3ccc(Cl)c(F)c3)CC2)CC1)c1ccccc1. The van der Waals surface area contributed by atoms with Crippen LogP contribution in [0.4, 0.5) is 4.39 Å². The second-order valence-corrected chi connectivity index (χ2v) is 10.3. The van der Waals surface area contributed by atoms with Gasteiger partial charge in [-0.15, -0.1) is 0 Å². The molecule has 0 N–H and O–H groups in total. The molecule has 0 amide bonds. The Morgan fingerprint density at radius 2 is 1.59 bits per heavy atom. The molecule has 2 aromatic rings. The fourth-order valence-electron chi connectivity index (χ4n) is 5.88. The molecule has 4 rings (SSSR count). The van der Waals surface area contributed by atoms with E-state index in [-0.39, 0.29) is 22.7 Å². The van der Waals surface area contributed by atoms with Gasteiger partial charge in [0.1, 0.15) is 11.6 Å². The molecule has 2 saturated carbocycles. The standard InChI is InChI=1S/C28H34ClFO2/c1-19(21-5-3-2-4-6-21)17-20-7-9-22(10-8-20)23-11-13-24(14-12-23)28(31)32-25-15-16-26(29)27(30)18-25/h2-6,15-16,18-20,22-24H,7-14,17H2,1H3/t19-,20?,22?,23?,24?/m0/s1. The van der Waals surface area contributed by atoms with Gasteiger partial charge in [-0.05, 0) is 86.3 Å². The lowest BCUT2D eigenvalue weighted by atomic mass is 9.68. The van der Waals surface area contributed by atoms with Gasteiger partial charge in [-0.2, -0.15) is 0 Å². The van der Waals surface area contributed by atoms with Crippen LogP contribution >= 0.6 is 11.6 Å². The molecule has 0 radical (unpaired) electrons. The molecule has 2 aliphatic carbocycles. The van der Waals surface area contributed by atoms with Gasteiger partial charge in [-0.3, -0.25) is 4.79 Å². The minimum atomic E-state index is -0.561. The van der Waals surface area contributed by atoms with Crippen molar-refractivity contribution in [1.29, 1.82) is 0 Å². The van der Waals surface area contributed by atoms with Crippen molar-refractivity contribution in [2.24, 2.45) is 23.7 Å². The quantitative estimate of drug-likeness (QED) is 0.323. The zero-order valence-electron chi connectivity index (χ0n) is 18.9. The molecule has 2 fully saturated rings. The van der Waals surface area contributed by atoms with E-state index in [1.54, 1.807) is 6.07 Å². The van der Waals surface area contributed by atoms with Crippen LogP contribution in [0.5, 0.6) is 5.75 Å². The zero-order valence-corrected chi connectivity index (χ0v) is 19.7. The van der Waals surface area contributed by atoms with E-state index in [1.165, 1.54) is 49.8 Å². The van der Waals surface area contributed by atoms with Crippen LogP contribution in [0.1, 0.15) is 76.2 Å². The van der Waals surface area contributed by atoms with E-state index in [4.69, 9.17) is 16.3 Å². The maximum Gasteiger partial charge on any atom is 0.314 e. The summed E-state index contributed by atoms with van der Waals surface area (Å²) in [6.07, 6.45) is 10.6. The van der Waals surface area contributed by atoms with Gasteiger partial charge in [0.25, 0.3) is 0 Å². The maximum absolute atomic E-state index is 13.6. The van der Waals surface area contributed by atoms with Gasteiger partial charge in [0, 0.05) is 6.07 Å². The number of hydrogen-bond acceptors (Lipinski definition) is 2. The van der Waals surface area contributed by atoms with Crippen LogP contribution in [-0.2, 0) is 4.79 Å². The number of ether oxygens (including phenoxy) is 1. The van der Waals surface area contributed by atoms with Crippen molar-refractivity contribution in [2.45, 2.75) is 70.6 Å². The van der Waals surface area contributed by atoms with E-state index in [0.717, 1.165) is 43.4 Å². The summed E-state index contributed by atoms with van der Waals surface area (Å²) in [6, 6.07) is 15.0. The van der Waals surface area contributed by atoms with Crippen LogP contribution in [0.25, 0.3) is 0 Å². The van der Waals surface area contributed by atoms with Crippen LogP contribution in [-0.4, -0.2) is 5.97 Å². The summed E-state index contributed by atoms with van der Waals surface area (Å²) in [5.41, 5.74) is 1.46. The molecular weight excluding hydrogens is 423 g/mol. The van der Waals surface area contributed by atoms with Gasteiger partial charge in [-0.1, -0.05) is 61.7 Å². The van der Waals surface area contributed by atoms with Gasteiger partial charge < -0.3 is 4.74 Å². The Morgan fingerprint density at radius 3 is 2.22 bits per heavy atom. The van der Waals surface area contributed by atoms with E-state index in [2.05, 4.69) is 37.3 Å². The average Bonchev–Trinajstić information content (AvgIpc) is 2.82. The fourth-order valence-corrected chi connectivity index (χ4v) is 6.00. The number of carbonyl (C=O) groups excluding carboxylic acids is 1. The first kappa shape index (κ1) is 23.3. The summed E-state index contributed by atoms with van der Waals surface area (Å²) in [4.78, 5) is 12.5. The molecule has 0 spiro atoms. The minimum absolute atomic E-state index is 0.0366. The third-order valence-corrected chi connectivity index (χ3v) is 8.13. The van der Waals surface area contributed by atoms with Crippen molar-refractivity contribution < 1.29 is 13.9 Å². The van der Waals surface area contributed by atoms with Gasteiger partial charge in [0.05, 0.1) is 10.9 Å². The Bertz CT molecular complexity index is 884. The van der Waals surface area contributed by atoms with E-state index in [9.17, 15) is 9.18 Å². The van der Waals surface area contributed by atoms with E-state index >= 15 is 0 Å². The van der Waals surface area contributed by atoms with Crippen LogP contribution in [0, 0.1) is 29.5 Å². The highest BCUT2D eigenvalue weighted by molar-refractivity contribution is 6.30. The average molecular weight is 457 g/mol. The van der Waals surface area contributed by atoms with E-state index in [0.29, 0.717) is 5.92 Å².